The summed E-state index contributed by atoms with van der Waals surface area (Å²) in [6.07, 6.45) is 3.79. The molecular formula is C36H46N4O2S. The van der Waals surface area contributed by atoms with E-state index in [2.05, 4.69) is 85.0 Å². The van der Waals surface area contributed by atoms with Gasteiger partial charge < -0.3 is 9.47 Å². The summed E-state index contributed by atoms with van der Waals surface area (Å²) >= 11 is 1.75. The SMILES string of the molecule is CCC(CC)n1c(Cc2cccs2)nc2cc(C(=O)C[C@@H](CC(C)C)C(=O)N3CCN(Cc4ccccc4)CC3)ccc21. The Hall–Kier alpha value is -3.29. The highest BCUT2D eigenvalue weighted by Crippen LogP contribution is 2.29. The number of imidazole rings is 1. The second kappa shape index (κ2) is 14.5. The number of aromatic nitrogens is 2. The number of fused-ring (bicyclic) bond motifs is 1. The van der Waals surface area contributed by atoms with Gasteiger partial charge in [-0.1, -0.05) is 64.1 Å². The van der Waals surface area contributed by atoms with Crippen molar-refractivity contribution >= 4 is 34.1 Å². The van der Waals surface area contributed by atoms with Crippen molar-refractivity contribution in [1.29, 1.82) is 0 Å². The number of Topliss-reactive ketones (excluding diaryl/α,β-unsaturated/α-hetero) is 1. The predicted molar refractivity (Wildman–Crippen MR) is 177 cm³/mol. The Morgan fingerprint density at radius 2 is 1.67 bits per heavy atom. The highest BCUT2D eigenvalue weighted by atomic mass is 32.1. The molecule has 228 valence electrons. The van der Waals surface area contributed by atoms with Crippen molar-refractivity contribution < 1.29 is 9.59 Å². The lowest BCUT2D eigenvalue weighted by Crippen LogP contribution is -2.50. The summed E-state index contributed by atoms with van der Waals surface area (Å²) in [5.41, 5.74) is 3.90. The molecule has 1 amide bonds. The molecular weight excluding hydrogens is 552 g/mol. The number of carbonyl (C=O) groups is 2. The predicted octanol–water partition coefficient (Wildman–Crippen LogP) is 7.63. The molecule has 5 rings (SSSR count). The van der Waals surface area contributed by atoms with Crippen LogP contribution in [0.4, 0.5) is 0 Å². The number of rotatable bonds is 13. The van der Waals surface area contributed by atoms with Crippen molar-refractivity contribution in [2.24, 2.45) is 11.8 Å². The summed E-state index contributed by atoms with van der Waals surface area (Å²) < 4.78 is 2.38. The molecule has 0 spiro atoms. The number of nitrogens with zero attached hydrogens (tertiary/aromatic N) is 4. The summed E-state index contributed by atoms with van der Waals surface area (Å²) in [4.78, 5) is 38.2. The number of amides is 1. The number of ketones is 1. The van der Waals surface area contributed by atoms with E-state index in [9.17, 15) is 9.59 Å². The number of benzene rings is 2. The van der Waals surface area contributed by atoms with Crippen molar-refractivity contribution in [1.82, 2.24) is 19.4 Å². The number of hydrogen-bond acceptors (Lipinski definition) is 5. The topological polar surface area (TPSA) is 58.4 Å². The molecule has 0 unspecified atom stereocenters. The normalized spacial score (nSPS) is 15.1. The fraction of sp³-hybridized carbons (Fsp3) is 0.472. The minimum atomic E-state index is -0.305. The first-order valence-electron chi connectivity index (χ1n) is 16.0. The standard InChI is InChI=1S/C36H46N4O2S/c1-5-30(6-2)40-33-15-14-28(22-32(33)37-35(40)24-31-13-10-20-43-31)34(41)23-29(21-26(3)4)36(42)39-18-16-38(17-19-39)25-27-11-8-7-9-12-27/h7-15,20,22,26,29-30H,5-6,16-19,21,23-25H2,1-4H3/t29-/m1/s1. The molecule has 6 nitrogen and oxygen atoms in total. The number of hydrogen-bond donors (Lipinski definition) is 0. The van der Waals surface area contributed by atoms with E-state index in [0.717, 1.165) is 55.8 Å². The molecule has 0 N–H and O–H groups in total. The molecule has 0 saturated carbocycles. The summed E-state index contributed by atoms with van der Waals surface area (Å²) in [6.45, 7) is 12.7. The lowest BCUT2D eigenvalue weighted by Gasteiger charge is -2.36. The van der Waals surface area contributed by atoms with Gasteiger partial charge in [-0.15, -0.1) is 11.3 Å². The maximum Gasteiger partial charge on any atom is 0.226 e. The average molecular weight is 599 g/mol. The van der Waals surface area contributed by atoms with Gasteiger partial charge in [0.25, 0.3) is 0 Å². The molecule has 3 heterocycles. The van der Waals surface area contributed by atoms with E-state index < -0.39 is 0 Å². The van der Waals surface area contributed by atoms with Crippen LogP contribution in [-0.4, -0.2) is 57.2 Å². The molecule has 43 heavy (non-hydrogen) atoms. The molecule has 1 saturated heterocycles. The second-order valence-electron chi connectivity index (χ2n) is 12.4. The van der Waals surface area contributed by atoms with Crippen molar-refractivity contribution in [3.05, 3.63) is 87.9 Å². The van der Waals surface area contributed by atoms with Gasteiger partial charge in [0.05, 0.1) is 11.0 Å². The molecule has 1 aliphatic rings. The van der Waals surface area contributed by atoms with Crippen LogP contribution in [0.5, 0.6) is 0 Å². The van der Waals surface area contributed by atoms with Crippen LogP contribution in [0.3, 0.4) is 0 Å². The lowest BCUT2D eigenvalue weighted by molar-refractivity contribution is -0.137. The van der Waals surface area contributed by atoms with Gasteiger partial charge in [0, 0.05) is 68.0 Å². The third-order valence-corrected chi connectivity index (χ3v) is 9.65. The van der Waals surface area contributed by atoms with Crippen LogP contribution in [0.15, 0.2) is 66.0 Å². The molecule has 4 aromatic rings. The van der Waals surface area contributed by atoms with E-state index >= 15 is 0 Å². The molecule has 0 aliphatic carbocycles. The third-order valence-electron chi connectivity index (χ3n) is 8.77. The second-order valence-corrected chi connectivity index (χ2v) is 13.4. The van der Waals surface area contributed by atoms with Crippen LogP contribution in [0.1, 0.15) is 86.0 Å². The Morgan fingerprint density at radius 1 is 0.930 bits per heavy atom. The fourth-order valence-corrected chi connectivity index (χ4v) is 7.19. The van der Waals surface area contributed by atoms with E-state index in [1.807, 2.05) is 23.1 Å². The zero-order valence-electron chi connectivity index (χ0n) is 26.2. The van der Waals surface area contributed by atoms with Gasteiger partial charge in [-0.3, -0.25) is 14.5 Å². The summed E-state index contributed by atoms with van der Waals surface area (Å²) in [5, 5.41) is 2.11. The fourth-order valence-electron chi connectivity index (χ4n) is 6.49. The van der Waals surface area contributed by atoms with Crippen molar-refractivity contribution in [3.8, 4) is 0 Å². The third kappa shape index (κ3) is 7.63. The Kier molecular flexibility index (Phi) is 10.5. The molecule has 7 heteroatoms. The van der Waals surface area contributed by atoms with Crippen LogP contribution in [-0.2, 0) is 17.8 Å². The van der Waals surface area contributed by atoms with E-state index in [1.54, 1.807) is 11.3 Å². The number of piperazine rings is 1. The van der Waals surface area contributed by atoms with E-state index in [0.29, 0.717) is 37.0 Å². The maximum absolute atomic E-state index is 13.8. The molecule has 1 aliphatic heterocycles. The zero-order valence-corrected chi connectivity index (χ0v) is 27.0. The van der Waals surface area contributed by atoms with Gasteiger partial charge in [0.1, 0.15) is 5.82 Å². The Balaban J connectivity index is 1.30. The van der Waals surface area contributed by atoms with Gasteiger partial charge in [-0.05, 0) is 60.4 Å². The Morgan fingerprint density at radius 3 is 2.33 bits per heavy atom. The molecule has 0 bridgehead atoms. The summed E-state index contributed by atoms with van der Waals surface area (Å²) in [5.74, 6) is 1.23. The molecule has 0 radical (unpaired) electrons. The largest absolute Gasteiger partial charge is 0.340 e. The first kappa shape index (κ1) is 31.1. The Labute approximate surface area is 260 Å². The quantitative estimate of drug-likeness (QED) is 0.149. The van der Waals surface area contributed by atoms with Crippen LogP contribution in [0.2, 0.25) is 0 Å². The lowest BCUT2D eigenvalue weighted by atomic mass is 9.89. The van der Waals surface area contributed by atoms with Gasteiger partial charge >= 0.3 is 0 Å². The average Bonchev–Trinajstić information content (AvgIpc) is 3.65. The Bertz CT molecular complexity index is 1480. The van der Waals surface area contributed by atoms with Crippen LogP contribution in [0.25, 0.3) is 11.0 Å². The van der Waals surface area contributed by atoms with Crippen molar-refractivity contribution in [3.63, 3.8) is 0 Å². The monoisotopic (exact) mass is 598 g/mol. The van der Waals surface area contributed by atoms with Gasteiger partial charge in [-0.25, -0.2) is 4.98 Å². The highest BCUT2D eigenvalue weighted by Gasteiger charge is 2.30. The van der Waals surface area contributed by atoms with Gasteiger partial charge in [0.15, 0.2) is 5.78 Å². The molecule has 2 aromatic carbocycles. The molecule has 2 aromatic heterocycles. The zero-order chi connectivity index (χ0) is 30.3. The highest BCUT2D eigenvalue weighted by molar-refractivity contribution is 7.09. The first-order chi connectivity index (χ1) is 20.9. The first-order valence-corrected chi connectivity index (χ1v) is 16.9. The van der Waals surface area contributed by atoms with E-state index in [1.165, 1.54) is 10.4 Å². The van der Waals surface area contributed by atoms with Crippen molar-refractivity contribution in [2.45, 2.75) is 72.4 Å². The van der Waals surface area contributed by atoms with Crippen LogP contribution < -0.4 is 0 Å². The molecule has 1 fully saturated rings. The summed E-state index contributed by atoms with van der Waals surface area (Å²) in [7, 11) is 0. The van der Waals surface area contributed by atoms with Gasteiger partial charge in [0.2, 0.25) is 5.91 Å². The number of thiophene rings is 1. The van der Waals surface area contributed by atoms with Crippen LogP contribution >= 0.6 is 11.3 Å². The minimum Gasteiger partial charge on any atom is -0.340 e. The van der Waals surface area contributed by atoms with E-state index in [-0.39, 0.29) is 24.0 Å². The van der Waals surface area contributed by atoms with Crippen molar-refractivity contribution in [2.75, 3.05) is 26.2 Å². The summed E-state index contributed by atoms with van der Waals surface area (Å²) in [6, 6.07) is 21.1. The van der Waals surface area contributed by atoms with E-state index in [4.69, 9.17) is 4.98 Å². The van der Waals surface area contributed by atoms with Gasteiger partial charge in [-0.2, -0.15) is 0 Å². The maximum atomic E-state index is 13.8. The number of carbonyl (C=O) groups excluding carboxylic acids is 2. The molecule has 1 atom stereocenters. The smallest absolute Gasteiger partial charge is 0.226 e. The minimum absolute atomic E-state index is 0.0282. The van der Waals surface area contributed by atoms with Crippen LogP contribution in [0, 0.1) is 11.8 Å².